The Morgan fingerprint density at radius 1 is 1.08 bits per heavy atom. The van der Waals surface area contributed by atoms with Crippen LogP contribution in [0.5, 0.6) is 5.75 Å². The van der Waals surface area contributed by atoms with Crippen LogP contribution in [-0.4, -0.2) is 56.2 Å². The summed E-state index contributed by atoms with van der Waals surface area (Å²) < 4.78 is 5.73. The van der Waals surface area contributed by atoms with Crippen LogP contribution in [0.3, 0.4) is 0 Å². The molecule has 0 saturated carbocycles. The Balaban J connectivity index is 2.03. The van der Waals surface area contributed by atoms with Crippen LogP contribution < -0.4 is 20.7 Å². The Kier molecular flexibility index (Phi) is 10.1. The van der Waals surface area contributed by atoms with Gasteiger partial charge in [0.2, 0.25) is 5.95 Å². The monoisotopic (exact) mass is 516 g/mol. The van der Waals surface area contributed by atoms with E-state index in [-0.39, 0.29) is 0 Å². The molecular weight excluding hydrogens is 472 g/mol. The highest BCUT2D eigenvalue weighted by Crippen LogP contribution is 2.37. The second kappa shape index (κ2) is 13.3. The average molecular weight is 517 g/mol. The van der Waals surface area contributed by atoms with Crippen molar-refractivity contribution in [2.45, 2.75) is 40.5 Å². The Hall–Kier alpha value is -3.58. The summed E-state index contributed by atoms with van der Waals surface area (Å²) in [5.41, 5.74) is 14.7. The lowest BCUT2D eigenvalue weighted by Crippen LogP contribution is -2.29. The van der Waals surface area contributed by atoms with E-state index in [4.69, 9.17) is 15.5 Å². The van der Waals surface area contributed by atoms with Crippen LogP contribution in [0.4, 0.5) is 23.0 Å². The molecule has 0 spiro atoms. The standard InChI is InChI=1S/C31H44N6O/c1-9-21(3)23(10-2)30(24-14-12-11-13-22(24)4)26-15-16-33-31(34-26)35-27-19-25(32)28(20-29(27)38-8)37(7)18-17-36(5)6/h11-16,19-21H,9-10,17-18,32H2,1-8H3,(H,33,34,35)/b30-23+. The lowest BCUT2D eigenvalue weighted by Gasteiger charge is -2.24. The molecule has 1 heterocycles. The van der Waals surface area contributed by atoms with Crippen molar-refractivity contribution in [1.29, 1.82) is 0 Å². The van der Waals surface area contributed by atoms with Crippen molar-refractivity contribution in [2.24, 2.45) is 5.92 Å². The van der Waals surface area contributed by atoms with E-state index in [0.29, 0.717) is 23.3 Å². The van der Waals surface area contributed by atoms with E-state index >= 15 is 0 Å². The first-order valence-corrected chi connectivity index (χ1v) is 13.4. The summed E-state index contributed by atoms with van der Waals surface area (Å²) in [5.74, 6) is 1.63. The Bertz CT molecular complexity index is 1250. The minimum atomic E-state index is 0.443. The molecule has 1 atom stereocenters. The number of methoxy groups -OCH3 is 1. The minimum absolute atomic E-state index is 0.443. The van der Waals surface area contributed by atoms with E-state index in [2.05, 4.69) is 86.2 Å². The number of likely N-dealkylation sites (N-methyl/N-ethyl adjacent to an activating group) is 2. The molecule has 0 bridgehead atoms. The van der Waals surface area contributed by atoms with Crippen LogP contribution in [0.25, 0.3) is 5.57 Å². The minimum Gasteiger partial charge on any atom is -0.494 e. The van der Waals surface area contributed by atoms with Crippen LogP contribution in [0.2, 0.25) is 0 Å². The molecule has 1 aromatic heterocycles. The number of aryl methyl sites for hydroxylation is 1. The number of nitrogens with two attached hydrogens (primary N) is 1. The van der Waals surface area contributed by atoms with Gasteiger partial charge in [0.25, 0.3) is 0 Å². The number of rotatable bonds is 12. The fourth-order valence-electron chi connectivity index (χ4n) is 4.68. The highest BCUT2D eigenvalue weighted by molar-refractivity contribution is 5.83. The number of nitrogens with one attached hydrogen (secondary N) is 1. The average Bonchev–Trinajstić information content (AvgIpc) is 2.90. The van der Waals surface area contributed by atoms with Crippen molar-refractivity contribution in [3.8, 4) is 5.75 Å². The van der Waals surface area contributed by atoms with Gasteiger partial charge in [0.05, 0.1) is 29.9 Å². The SMILES string of the molecule is CC/C(=C(\c1ccnc(Nc2cc(N)c(N(C)CCN(C)C)cc2OC)n1)c1ccccc1C)C(C)CC. The van der Waals surface area contributed by atoms with E-state index in [1.165, 1.54) is 22.3 Å². The van der Waals surface area contributed by atoms with Gasteiger partial charge in [-0.25, -0.2) is 9.97 Å². The summed E-state index contributed by atoms with van der Waals surface area (Å²) in [6, 6.07) is 14.4. The maximum absolute atomic E-state index is 6.48. The van der Waals surface area contributed by atoms with Crippen molar-refractivity contribution in [3.63, 3.8) is 0 Å². The number of hydrogen-bond donors (Lipinski definition) is 2. The summed E-state index contributed by atoms with van der Waals surface area (Å²) in [7, 11) is 7.82. The van der Waals surface area contributed by atoms with Gasteiger partial charge in [0.1, 0.15) is 5.75 Å². The molecule has 1 unspecified atom stereocenters. The van der Waals surface area contributed by atoms with E-state index in [0.717, 1.165) is 43.0 Å². The van der Waals surface area contributed by atoms with E-state index in [1.807, 2.05) is 31.4 Å². The molecule has 204 valence electrons. The molecule has 0 aliphatic carbocycles. The number of nitrogens with zero attached hydrogens (tertiary/aromatic N) is 4. The van der Waals surface area contributed by atoms with Gasteiger partial charge in [-0.2, -0.15) is 0 Å². The van der Waals surface area contributed by atoms with Gasteiger partial charge < -0.3 is 25.6 Å². The molecule has 3 aromatic rings. The number of allylic oxidation sites excluding steroid dienone is 1. The zero-order chi connectivity index (χ0) is 27.8. The summed E-state index contributed by atoms with van der Waals surface area (Å²) in [4.78, 5) is 13.8. The Morgan fingerprint density at radius 2 is 1.82 bits per heavy atom. The summed E-state index contributed by atoms with van der Waals surface area (Å²) in [6.07, 6.45) is 3.84. The van der Waals surface area contributed by atoms with Gasteiger partial charge in [-0.05, 0) is 63.0 Å². The van der Waals surface area contributed by atoms with Gasteiger partial charge in [0, 0.05) is 38.0 Å². The van der Waals surface area contributed by atoms with Crippen LogP contribution in [0.15, 0.2) is 54.2 Å². The normalized spacial score (nSPS) is 12.8. The maximum Gasteiger partial charge on any atom is 0.227 e. The van der Waals surface area contributed by atoms with Crippen molar-refractivity contribution < 1.29 is 4.74 Å². The number of benzene rings is 2. The predicted octanol–water partition coefficient (Wildman–Crippen LogP) is 6.38. The Morgan fingerprint density at radius 3 is 2.45 bits per heavy atom. The first-order chi connectivity index (χ1) is 18.2. The number of nitrogen functional groups attached to an aromatic ring is 1. The van der Waals surface area contributed by atoms with Gasteiger partial charge in [-0.3, -0.25) is 0 Å². The van der Waals surface area contributed by atoms with Crippen LogP contribution in [-0.2, 0) is 0 Å². The van der Waals surface area contributed by atoms with E-state index in [9.17, 15) is 0 Å². The van der Waals surface area contributed by atoms with Crippen molar-refractivity contribution in [1.82, 2.24) is 14.9 Å². The fourth-order valence-corrected chi connectivity index (χ4v) is 4.68. The number of anilines is 4. The van der Waals surface area contributed by atoms with E-state index < -0.39 is 0 Å². The third kappa shape index (κ3) is 6.84. The first kappa shape index (κ1) is 29.0. The number of aromatic nitrogens is 2. The largest absolute Gasteiger partial charge is 0.494 e. The molecule has 7 nitrogen and oxygen atoms in total. The summed E-state index contributed by atoms with van der Waals surface area (Å²) in [5, 5.41) is 3.37. The van der Waals surface area contributed by atoms with Crippen molar-refractivity contribution >= 4 is 28.6 Å². The molecule has 3 rings (SSSR count). The third-order valence-corrected chi connectivity index (χ3v) is 7.12. The van der Waals surface area contributed by atoms with Crippen molar-refractivity contribution in [3.05, 3.63) is 71.1 Å². The second-order valence-corrected chi connectivity index (χ2v) is 10.1. The lowest BCUT2D eigenvalue weighted by atomic mass is 9.85. The number of hydrogen-bond acceptors (Lipinski definition) is 7. The molecule has 0 amide bonds. The Labute approximate surface area is 228 Å². The second-order valence-electron chi connectivity index (χ2n) is 10.1. The van der Waals surface area contributed by atoms with Gasteiger partial charge in [0.15, 0.2) is 0 Å². The third-order valence-electron chi connectivity index (χ3n) is 7.12. The molecule has 0 saturated heterocycles. The first-order valence-electron chi connectivity index (χ1n) is 13.4. The molecule has 0 radical (unpaired) electrons. The molecule has 0 aliphatic heterocycles. The fraction of sp³-hybridized carbons (Fsp3) is 0.419. The topological polar surface area (TPSA) is 79.5 Å². The highest BCUT2D eigenvalue weighted by Gasteiger charge is 2.19. The summed E-state index contributed by atoms with van der Waals surface area (Å²) in [6.45, 7) is 10.7. The van der Waals surface area contributed by atoms with Crippen LogP contribution in [0.1, 0.15) is 50.4 Å². The highest BCUT2D eigenvalue weighted by atomic mass is 16.5. The predicted molar refractivity (Wildman–Crippen MR) is 161 cm³/mol. The van der Waals surface area contributed by atoms with Gasteiger partial charge in [-0.1, -0.05) is 50.6 Å². The molecular formula is C31H44N6O. The number of ether oxygens (including phenoxy) is 1. The van der Waals surface area contributed by atoms with Crippen LogP contribution >= 0.6 is 0 Å². The van der Waals surface area contributed by atoms with Gasteiger partial charge in [-0.15, -0.1) is 0 Å². The van der Waals surface area contributed by atoms with Gasteiger partial charge >= 0.3 is 0 Å². The summed E-state index contributed by atoms with van der Waals surface area (Å²) >= 11 is 0. The smallest absolute Gasteiger partial charge is 0.227 e. The molecule has 7 heteroatoms. The molecule has 38 heavy (non-hydrogen) atoms. The zero-order valence-electron chi connectivity index (χ0n) is 24.3. The molecule has 0 aliphatic rings. The zero-order valence-corrected chi connectivity index (χ0v) is 24.3. The van der Waals surface area contributed by atoms with Crippen LogP contribution in [0, 0.1) is 12.8 Å². The van der Waals surface area contributed by atoms with E-state index in [1.54, 1.807) is 7.11 Å². The maximum atomic E-state index is 6.48. The molecule has 0 fully saturated rings. The molecule has 3 N–H and O–H groups in total. The quantitative estimate of drug-likeness (QED) is 0.271. The molecule has 2 aromatic carbocycles. The lowest BCUT2D eigenvalue weighted by molar-refractivity contribution is 0.413. The van der Waals surface area contributed by atoms with Crippen molar-refractivity contribution in [2.75, 3.05) is 57.3 Å².